The fourth-order valence-electron chi connectivity index (χ4n) is 3.25. The summed E-state index contributed by atoms with van der Waals surface area (Å²) in [5, 5.41) is 16.7. The zero-order chi connectivity index (χ0) is 14.1. The molecule has 1 aliphatic heterocycles. The Bertz CT molecular complexity index is 328. The molecule has 0 unspecified atom stereocenters. The molecule has 0 spiro atoms. The van der Waals surface area contributed by atoms with E-state index in [-0.39, 0.29) is 11.5 Å². The van der Waals surface area contributed by atoms with Crippen molar-refractivity contribution < 1.29 is 14.6 Å². The summed E-state index contributed by atoms with van der Waals surface area (Å²) in [7, 11) is 0. The number of hydrogen-bond donors (Lipinski definition) is 3. The molecular formula is C14H26N2O3. The summed E-state index contributed by atoms with van der Waals surface area (Å²) < 4.78 is 5.25. The molecule has 1 saturated heterocycles. The van der Waals surface area contributed by atoms with Crippen molar-refractivity contribution in [1.29, 1.82) is 0 Å². The minimum atomic E-state index is -0.486. The summed E-state index contributed by atoms with van der Waals surface area (Å²) >= 11 is 0. The third kappa shape index (κ3) is 3.39. The number of alkyl carbamates (subject to hydrolysis) is 1. The van der Waals surface area contributed by atoms with Crippen molar-refractivity contribution in [3.05, 3.63) is 0 Å². The average Bonchev–Trinajstić information content (AvgIpc) is 2.25. The van der Waals surface area contributed by atoms with Gasteiger partial charge in [0.25, 0.3) is 0 Å². The van der Waals surface area contributed by atoms with Crippen LogP contribution in [0.5, 0.6) is 0 Å². The Hall–Kier alpha value is -0.810. The van der Waals surface area contributed by atoms with E-state index in [1.165, 1.54) is 0 Å². The normalized spacial score (nSPS) is 34.7. The monoisotopic (exact) mass is 270 g/mol. The van der Waals surface area contributed by atoms with Crippen molar-refractivity contribution in [2.75, 3.05) is 19.6 Å². The zero-order valence-corrected chi connectivity index (χ0v) is 12.2. The molecule has 1 heterocycles. The van der Waals surface area contributed by atoms with Crippen molar-refractivity contribution >= 4 is 6.09 Å². The van der Waals surface area contributed by atoms with Gasteiger partial charge in [-0.25, -0.2) is 4.79 Å². The van der Waals surface area contributed by atoms with Crippen LogP contribution in [-0.2, 0) is 4.74 Å². The molecule has 0 aromatic heterocycles. The first-order chi connectivity index (χ1) is 8.82. The van der Waals surface area contributed by atoms with Crippen LogP contribution in [0.2, 0.25) is 0 Å². The number of rotatable bonds is 2. The Morgan fingerprint density at radius 3 is 2.95 bits per heavy atom. The second-order valence-corrected chi connectivity index (χ2v) is 6.95. The van der Waals surface area contributed by atoms with E-state index in [0.29, 0.717) is 12.5 Å². The number of nitrogens with one attached hydrogen (secondary N) is 2. The number of aliphatic hydroxyl groups is 1. The molecule has 1 amide bonds. The lowest BCUT2D eigenvalue weighted by Gasteiger charge is -2.49. The van der Waals surface area contributed by atoms with Gasteiger partial charge in [-0.2, -0.15) is 0 Å². The summed E-state index contributed by atoms with van der Waals surface area (Å²) in [6, 6.07) is 0. The minimum absolute atomic E-state index is 0.224. The van der Waals surface area contributed by atoms with E-state index in [0.717, 1.165) is 32.4 Å². The SMILES string of the molecule is CC(C)(C)OC(=O)NC[C@@]12CCC[C@@H](CNC1)[C@H]2O. The predicted molar refractivity (Wildman–Crippen MR) is 72.9 cm³/mol. The highest BCUT2D eigenvalue weighted by Crippen LogP contribution is 2.41. The third-order valence-electron chi connectivity index (χ3n) is 4.19. The predicted octanol–water partition coefficient (Wildman–Crippen LogP) is 1.26. The van der Waals surface area contributed by atoms with Crippen molar-refractivity contribution in [3.63, 3.8) is 0 Å². The lowest BCUT2D eigenvalue weighted by Crippen LogP contribution is -2.61. The van der Waals surface area contributed by atoms with Crippen molar-refractivity contribution in [1.82, 2.24) is 10.6 Å². The summed E-state index contributed by atoms with van der Waals surface area (Å²) in [6.07, 6.45) is 2.43. The Morgan fingerprint density at radius 2 is 2.26 bits per heavy atom. The molecule has 5 heteroatoms. The molecule has 3 N–H and O–H groups in total. The van der Waals surface area contributed by atoms with Gasteiger partial charge in [-0.3, -0.25) is 0 Å². The molecular weight excluding hydrogens is 244 g/mol. The maximum atomic E-state index is 11.7. The number of ether oxygens (including phenoxy) is 1. The molecule has 0 radical (unpaired) electrons. The van der Waals surface area contributed by atoms with Crippen LogP contribution < -0.4 is 10.6 Å². The number of carbonyl (C=O) groups is 1. The van der Waals surface area contributed by atoms with Gasteiger partial charge in [0.2, 0.25) is 0 Å². The van der Waals surface area contributed by atoms with Crippen molar-refractivity contribution in [2.45, 2.75) is 51.7 Å². The largest absolute Gasteiger partial charge is 0.444 e. The third-order valence-corrected chi connectivity index (χ3v) is 4.19. The lowest BCUT2D eigenvalue weighted by molar-refractivity contribution is -0.0724. The fourth-order valence-corrected chi connectivity index (χ4v) is 3.25. The first-order valence-electron chi connectivity index (χ1n) is 7.18. The fraction of sp³-hybridized carbons (Fsp3) is 0.929. The molecule has 19 heavy (non-hydrogen) atoms. The van der Waals surface area contributed by atoms with Gasteiger partial charge in [-0.05, 0) is 39.5 Å². The first kappa shape index (κ1) is 14.6. The second kappa shape index (κ2) is 5.29. The Morgan fingerprint density at radius 1 is 1.53 bits per heavy atom. The van der Waals surface area contributed by atoms with Crippen molar-refractivity contribution in [3.8, 4) is 0 Å². The molecule has 2 bridgehead atoms. The van der Waals surface area contributed by atoms with Crippen LogP contribution in [-0.4, -0.2) is 42.5 Å². The van der Waals surface area contributed by atoms with Gasteiger partial charge in [-0.1, -0.05) is 6.42 Å². The number of hydrogen-bond acceptors (Lipinski definition) is 4. The van der Waals surface area contributed by atoms with Crippen LogP contribution in [0.15, 0.2) is 0 Å². The lowest BCUT2D eigenvalue weighted by atomic mass is 9.65. The maximum absolute atomic E-state index is 11.7. The highest BCUT2D eigenvalue weighted by Gasteiger charge is 2.47. The van der Waals surface area contributed by atoms with Gasteiger partial charge in [0.15, 0.2) is 0 Å². The molecule has 2 aliphatic rings. The maximum Gasteiger partial charge on any atom is 0.407 e. The number of fused-ring (bicyclic) bond motifs is 2. The molecule has 2 rings (SSSR count). The minimum Gasteiger partial charge on any atom is -0.444 e. The first-order valence-corrected chi connectivity index (χ1v) is 7.18. The zero-order valence-electron chi connectivity index (χ0n) is 12.2. The molecule has 3 atom stereocenters. The molecule has 5 nitrogen and oxygen atoms in total. The van der Waals surface area contributed by atoms with Gasteiger partial charge < -0.3 is 20.5 Å². The highest BCUT2D eigenvalue weighted by atomic mass is 16.6. The van der Waals surface area contributed by atoms with E-state index in [1.807, 2.05) is 20.8 Å². The van der Waals surface area contributed by atoms with Gasteiger partial charge in [0.1, 0.15) is 5.60 Å². The van der Waals surface area contributed by atoms with E-state index in [2.05, 4.69) is 10.6 Å². The van der Waals surface area contributed by atoms with E-state index >= 15 is 0 Å². The Kier molecular flexibility index (Phi) is 4.06. The molecule has 2 fully saturated rings. The molecule has 1 aliphatic carbocycles. The Balaban J connectivity index is 1.92. The molecule has 0 aromatic carbocycles. The van der Waals surface area contributed by atoms with E-state index in [4.69, 9.17) is 4.74 Å². The summed E-state index contributed by atoms with van der Waals surface area (Å²) in [4.78, 5) is 11.7. The summed E-state index contributed by atoms with van der Waals surface area (Å²) in [6.45, 7) is 7.66. The number of aliphatic hydroxyl groups excluding tert-OH is 1. The van der Waals surface area contributed by atoms with Crippen LogP contribution >= 0.6 is 0 Å². The highest BCUT2D eigenvalue weighted by molar-refractivity contribution is 5.67. The van der Waals surface area contributed by atoms with E-state index in [9.17, 15) is 9.90 Å². The second-order valence-electron chi connectivity index (χ2n) is 6.95. The molecule has 110 valence electrons. The smallest absolute Gasteiger partial charge is 0.407 e. The quantitative estimate of drug-likeness (QED) is 0.706. The van der Waals surface area contributed by atoms with Crippen LogP contribution in [0, 0.1) is 11.3 Å². The van der Waals surface area contributed by atoms with Crippen LogP contribution in [0.3, 0.4) is 0 Å². The number of carbonyl (C=O) groups excluding carboxylic acids is 1. The van der Waals surface area contributed by atoms with Gasteiger partial charge >= 0.3 is 6.09 Å². The average molecular weight is 270 g/mol. The van der Waals surface area contributed by atoms with Crippen LogP contribution in [0.4, 0.5) is 4.79 Å². The van der Waals surface area contributed by atoms with Gasteiger partial charge in [0.05, 0.1) is 6.10 Å². The standard InChI is InChI=1S/C14H26N2O3/c1-13(2,3)19-12(18)16-9-14-6-4-5-10(11(14)17)7-15-8-14/h10-11,15,17H,4-9H2,1-3H3,(H,16,18)/t10-,11+,14+/m0/s1. The molecule has 1 saturated carbocycles. The van der Waals surface area contributed by atoms with Gasteiger partial charge in [-0.15, -0.1) is 0 Å². The van der Waals surface area contributed by atoms with E-state index in [1.54, 1.807) is 0 Å². The van der Waals surface area contributed by atoms with Crippen LogP contribution in [0.25, 0.3) is 0 Å². The summed E-state index contributed by atoms with van der Waals surface area (Å²) in [5.74, 6) is 0.322. The number of piperidine rings is 1. The van der Waals surface area contributed by atoms with Crippen LogP contribution in [0.1, 0.15) is 40.0 Å². The molecule has 0 aromatic rings. The topological polar surface area (TPSA) is 70.6 Å². The number of amides is 1. The van der Waals surface area contributed by atoms with Gasteiger partial charge in [0, 0.05) is 25.0 Å². The Labute approximate surface area is 115 Å². The van der Waals surface area contributed by atoms with Crippen molar-refractivity contribution in [2.24, 2.45) is 11.3 Å². The van der Waals surface area contributed by atoms with E-state index < -0.39 is 11.7 Å². The summed E-state index contributed by atoms with van der Waals surface area (Å²) in [5.41, 5.74) is -0.710.